The summed E-state index contributed by atoms with van der Waals surface area (Å²) in [6.45, 7) is 1.66. The molecule has 92 valence electrons. The molecule has 4 nitrogen and oxygen atoms in total. The molecule has 0 bridgehead atoms. The molecule has 2 N–H and O–H groups in total. The molecule has 0 aromatic heterocycles. The lowest BCUT2D eigenvalue weighted by atomic mass is 10.1. The van der Waals surface area contributed by atoms with Gasteiger partial charge in [0.15, 0.2) is 0 Å². The summed E-state index contributed by atoms with van der Waals surface area (Å²) in [7, 11) is 0. The van der Waals surface area contributed by atoms with Crippen molar-refractivity contribution in [3.8, 4) is 0 Å². The van der Waals surface area contributed by atoms with E-state index in [0.29, 0.717) is 12.2 Å². The number of anilines is 1. The minimum atomic E-state index is -0.495. The van der Waals surface area contributed by atoms with E-state index in [1.807, 2.05) is 0 Å². The SMILES string of the molecule is O=C(Nc1ccc(F)cc1)OC1CCCNC1. The Morgan fingerprint density at radius 3 is 2.82 bits per heavy atom. The van der Waals surface area contributed by atoms with E-state index in [9.17, 15) is 9.18 Å². The molecule has 1 fully saturated rings. The Hall–Kier alpha value is -1.62. The second-order valence-electron chi connectivity index (χ2n) is 4.01. The van der Waals surface area contributed by atoms with Gasteiger partial charge in [-0.05, 0) is 43.7 Å². The Labute approximate surface area is 99.2 Å². The molecule has 0 spiro atoms. The van der Waals surface area contributed by atoms with Crippen molar-refractivity contribution in [3.63, 3.8) is 0 Å². The number of amides is 1. The van der Waals surface area contributed by atoms with Crippen LogP contribution in [0.2, 0.25) is 0 Å². The lowest BCUT2D eigenvalue weighted by Crippen LogP contribution is -2.37. The summed E-state index contributed by atoms with van der Waals surface area (Å²) >= 11 is 0. The maximum Gasteiger partial charge on any atom is 0.411 e. The molecule has 1 heterocycles. The molecule has 1 atom stereocenters. The molecule has 0 radical (unpaired) electrons. The maximum absolute atomic E-state index is 12.6. The average Bonchev–Trinajstić information content (AvgIpc) is 2.33. The predicted octanol–water partition coefficient (Wildman–Crippen LogP) is 2.13. The van der Waals surface area contributed by atoms with Crippen LogP contribution >= 0.6 is 0 Å². The van der Waals surface area contributed by atoms with E-state index in [1.165, 1.54) is 24.3 Å². The number of rotatable bonds is 2. The second kappa shape index (κ2) is 5.63. The zero-order valence-corrected chi connectivity index (χ0v) is 9.41. The molecule has 1 aliphatic heterocycles. The first kappa shape index (κ1) is 11.9. The van der Waals surface area contributed by atoms with Gasteiger partial charge in [-0.2, -0.15) is 0 Å². The quantitative estimate of drug-likeness (QED) is 0.829. The Morgan fingerprint density at radius 1 is 1.41 bits per heavy atom. The van der Waals surface area contributed by atoms with Gasteiger partial charge >= 0.3 is 6.09 Å². The number of halogens is 1. The molecular formula is C12H15FN2O2. The average molecular weight is 238 g/mol. The van der Waals surface area contributed by atoms with E-state index in [4.69, 9.17) is 4.74 Å². The highest BCUT2D eigenvalue weighted by atomic mass is 19.1. The highest BCUT2D eigenvalue weighted by Gasteiger charge is 2.17. The monoisotopic (exact) mass is 238 g/mol. The van der Waals surface area contributed by atoms with Crippen LogP contribution in [0.1, 0.15) is 12.8 Å². The third-order valence-corrected chi connectivity index (χ3v) is 2.62. The summed E-state index contributed by atoms with van der Waals surface area (Å²) < 4.78 is 17.9. The van der Waals surface area contributed by atoms with Crippen LogP contribution in [0.5, 0.6) is 0 Å². The van der Waals surface area contributed by atoms with Crippen LogP contribution in [0.15, 0.2) is 24.3 Å². The topological polar surface area (TPSA) is 50.4 Å². The summed E-state index contributed by atoms with van der Waals surface area (Å²) in [4.78, 5) is 11.5. The molecular weight excluding hydrogens is 223 g/mol. The lowest BCUT2D eigenvalue weighted by molar-refractivity contribution is 0.0941. The third kappa shape index (κ3) is 3.71. The molecule has 5 heteroatoms. The largest absolute Gasteiger partial charge is 0.445 e. The summed E-state index contributed by atoms with van der Waals surface area (Å²) in [5.41, 5.74) is 0.528. The standard InChI is InChI=1S/C12H15FN2O2/c13-9-3-5-10(6-4-9)15-12(16)17-11-2-1-7-14-8-11/h3-6,11,14H,1-2,7-8H2,(H,15,16). The number of ether oxygens (including phenoxy) is 1. The number of carbonyl (C=O) groups excluding carboxylic acids is 1. The van der Waals surface area contributed by atoms with E-state index in [1.54, 1.807) is 0 Å². The first-order chi connectivity index (χ1) is 8.24. The minimum Gasteiger partial charge on any atom is -0.445 e. The smallest absolute Gasteiger partial charge is 0.411 e. The Bertz CT molecular complexity index is 375. The van der Waals surface area contributed by atoms with Crippen LogP contribution in [0, 0.1) is 5.82 Å². The fourth-order valence-corrected chi connectivity index (χ4v) is 1.75. The van der Waals surface area contributed by atoms with Gasteiger partial charge in [-0.1, -0.05) is 0 Å². The van der Waals surface area contributed by atoms with E-state index in [2.05, 4.69) is 10.6 Å². The van der Waals surface area contributed by atoms with Crippen molar-refractivity contribution in [2.45, 2.75) is 18.9 Å². The predicted molar refractivity (Wildman–Crippen MR) is 62.4 cm³/mol. The molecule has 1 saturated heterocycles. The first-order valence-corrected chi connectivity index (χ1v) is 5.68. The molecule has 1 aromatic carbocycles. The minimum absolute atomic E-state index is 0.0794. The molecule has 1 aliphatic rings. The summed E-state index contributed by atoms with van der Waals surface area (Å²) in [5, 5.41) is 5.72. The van der Waals surface area contributed by atoms with Gasteiger partial charge in [-0.15, -0.1) is 0 Å². The fourth-order valence-electron chi connectivity index (χ4n) is 1.75. The Morgan fingerprint density at radius 2 is 2.18 bits per heavy atom. The zero-order chi connectivity index (χ0) is 12.1. The third-order valence-electron chi connectivity index (χ3n) is 2.62. The van der Waals surface area contributed by atoms with Gasteiger partial charge in [0.25, 0.3) is 0 Å². The number of piperidine rings is 1. The van der Waals surface area contributed by atoms with Gasteiger partial charge in [0.1, 0.15) is 11.9 Å². The molecule has 17 heavy (non-hydrogen) atoms. The van der Waals surface area contributed by atoms with E-state index < -0.39 is 6.09 Å². The number of hydrogen-bond donors (Lipinski definition) is 2. The summed E-state index contributed by atoms with van der Waals surface area (Å²) in [6, 6.07) is 5.57. The van der Waals surface area contributed by atoms with Crippen molar-refractivity contribution < 1.29 is 13.9 Å². The van der Waals surface area contributed by atoms with E-state index in [0.717, 1.165) is 19.4 Å². The highest BCUT2D eigenvalue weighted by Crippen LogP contribution is 2.11. The van der Waals surface area contributed by atoms with Crippen LogP contribution in [-0.2, 0) is 4.74 Å². The molecule has 1 amide bonds. The summed E-state index contributed by atoms with van der Waals surface area (Å²) in [5.74, 6) is -0.333. The van der Waals surface area contributed by atoms with Crippen LogP contribution < -0.4 is 10.6 Å². The molecule has 0 aliphatic carbocycles. The van der Waals surface area contributed by atoms with Crippen LogP contribution in [0.4, 0.5) is 14.9 Å². The molecule has 2 rings (SSSR count). The van der Waals surface area contributed by atoms with Gasteiger partial charge in [-0.25, -0.2) is 9.18 Å². The molecule has 1 aromatic rings. The van der Waals surface area contributed by atoms with Crippen molar-refractivity contribution in [1.29, 1.82) is 0 Å². The molecule has 1 unspecified atom stereocenters. The normalized spacial score (nSPS) is 19.7. The Balaban J connectivity index is 1.82. The van der Waals surface area contributed by atoms with Crippen LogP contribution in [0.25, 0.3) is 0 Å². The summed E-state index contributed by atoms with van der Waals surface area (Å²) in [6.07, 6.45) is 1.31. The van der Waals surface area contributed by atoms with Crippen molar-refractivity contribution in [1.82, 2.24) is 5.32 Å². The lowest BCUT2D eigenvalue weighted by Gasteiger charge is -2.22. The van der Waals surface area contributed by atoms with Crippen LogP contribution in [0.3, 0.4) is 0 Å². The van der Waals surface area contributed by atoms with Crippen molar-refractivity contribution in [2.24, 2.45) is 0 Å². The van der Waals surface area contributed by atoms with Crippen molar-refractivity contribution in [2.75, 3.05) is 18.4 Å². The van der Waals surface area contributed by atoms with Gasteiger partial charge < -0.3 is 10.1 Å². The number of nitrogens with one attached hydrogen (secondary N) is 2. The molecule has 0 saturated carbocycles. The van der Waals surface area contributed by atoms with E-state index in [-0.39, 0.29) is 11.9 Å². The Kier molecular flexibility index (Phi) is 3.93. The highest BCUT2D eigenvalue weighted by molar-refractivity contribution is 5.84. The number of hydrogen-bond acceptors (Lipinski definition) is 3. The van der Waals surface area contributed by atoms with Gasteiger partial charge in [0.05, 0.1) is 0 Å². The number of benzene rings is 1. The second-order valence-corrected chi connectivity index (χ2v) is 4.01. The van der Waals surface area contributed by atoms with Crippen molar-refractivity contribution >= 4 is 11.8 Å². The van der Waals surface area contributed by atoms with Crippen molar-refractivity contribution in [3.05, 3.63) is 30.1 Å². The first-order valence-electron chi connectivity index (χ1n) is 5.68. The van der Waals surface area contributed by atoms with Crippen LogP contribution in [-0.4, -0.2) is 25.3 Å². The van der Waals surface area contributed by atoms with Gasteiger partial charge in [0.2, 0.25) is 0 Å². The number of carbonyl (C=O) groups is 1. The maximum atomic E-state index is 12.6. The van der Waals surface area contributed by atoms with E-state index >= 15 is 0 Å². The fraction of sp³-hybridized carbons (Fsp3) is 0.417. The van der Waals surface area contributed by atoms with Gasteiger partial charge in [-0.3, -0.25) is 5.32 Å². The van der Waals surface area contributed by atoms with Gasteiger partial charge in [0, 0.05) is 12.2 Å². The zero-order valence-electron chi connectivity index (χ0n) is 9.41.